The molecule has 1 aromatic heterocycles. The number of nitrogens with zero attached hydrogens (tertiary/aromatic N) is 3. The summed E-state index contributed by atoms with van der Waals surface area (Å²) in [6.45, 7) is 2.44. The summed E-state index contributed by atoms with van der Waals surface area (Å²) in [5.74, 6) is -0.661. The van der Waals surface area contributed by atoms with Gasteiger partial charge in [-0.15, -0.1) is 0 Å². The molecule has 0 radical (unpaired) electrons. The summed E-state index contributed by atoms with van der Waals surface area (Å²) < 4.78 is 54.5. The smallest absolute Gasteiger partial charge is 0.264 e. The number of piperidine rings is 1. The van der Waals surface area contributed by atoms with Gasteiger partial charge in [0.1, 0.15) is 0 Å². The monoisotopic (exact) mass is 529 g/mol. The van der Waals surface area contributed by atoms with Gasteiger partial charge in [-0.1, -0.05) is 24.3 Å². The molecule has 1 fully saturated rings. The Morgan fingerprint density at radius 1 is 0.944 bits per heavy atom. The van der Waals surface area contributed by atoms with Crippen LogP contribution in [0.15, 0.2) is 71.9 Å². The van der Waals surface area contributed by atoms with Crippen LogP contribution in [0.4, 0.5) is 11.6 Å². The first-order valence-electron chi connectivity index (χ1n) is 11.4. The van der Waals surface area contributed by atoms with Gasteiger partial charge in [0.25, 0.3) is 10.0 Å². The van der Waals surface area contributed by atoms with Crippen molar-refractivity contribution in [3.63, 3.8) is 0 Å². The molecular formula is C24H27N5O5S2. The maximum Gasteiger partial charge on any atom is 0.264 e. The Labute approximate surface area is 210 Å². The van der Waals surface area contributed by atoms with Gasteiger partial charge in [0.2, 0.25) is 21.9 Å². The molecule has 0 saturated carbocycles. The Balaban J connectivity index is 1.31. The molecule has 4 rings (SSSR count). The second-order valence-corrected chi connectivity index (χ2v) is 12.2. The van der Waals surface area contributed by atoms with Crippen molar-refractivity contribution >= 4 is 37.6 Å². The van der Waals surface area contributed by atoms with E-state index in [4.69, 9.17) is 0 Å². The molecule has 0 unspecified atom stereocenters. The first-order valence-corrected chi connectivity index (χ1v) is 14.5. The lowest BCUT2D eigenvalue weighted by atomic mass is 9.97. The van der Waals surface area contributed by atoms with Gasteiger partial charge in [-0.2, -0.15) is 0 Å². The summed E-state index contributed by atoms with van der Waals surface area (Å²) >= 11 is 0. The van der Waals surface area contributed by atoms with E-state index in [1.165, 1.54) is 41.0 Å². The van der Waals surface area contributed by atoms with Crippen LogP contribution in [-0.4, -0.2) is 50.1 Å². The van der Waals surface area contributed by atoms with Crippen molar-refractivity contribution in [3.05, 3.63) is 78.1 Å². The van der Waals surface area contributed by atoms with Gasteiger partial charge >= 0.3 is 0 Å². The summed E-state index contributed by atoms with van der Waals surface area (Å²) in [6, 6.07) is 14.7. The molecule has 36 heavy (non-hydrogen) atoms. The van der Waals surface area contributed by atoms with E-state index in [2.05, 4.69) is 20.0 Å². The number of carbonyl (C=O) groups excluding carboxylic acids is 1. The lowest BCUT2D eigenvalue weighted by Crippen LogP contribution is -2.41. The number of hydrogen-bond acceptors (Lipinski definition) is 7. The van der Waals surface area contributed by atoms with Gasteiger partial charge in [0, 0.05) is 37.1 Å². The minimum absolute atomic E-state index is 0.000111. The average Bonchev–Trinajstić information content (AvgIpc) is 2.86. The van der Waals surface area contributed by atoms with Crippen LogP contribution in [0.25, 0.3) is 0 Å². The zero-order valence-electron chi connectivity index (χ0n) is 19.7. The second-order valence-electron chi connectivity index (χ2n) is 8.55. The zero-order valence-corrected chi connectivity index (χ0v) is 21.3. The Kier molecular flexibility index (Phi) is 7.67. The third-order valence-corrected chi connectivity index (χ3v) is 9.21. The number of carbonyl (C=O) groups is 1. The molecule has 0 spiro atoms. The van der Waals surface area contributed by atoms with E-state index in [9.17, 15) is 21.6 Å². The zero-order chi connectivity index (χ0) is 25.8. The van der Waals surface area contributed by atoms with E-state index in [1.807, 2.05) is 31.2 Å². The van der Waals surface area contributed by atoms with Crippen molar-refractivity contribution in [3.8, 4) is 0 Å². The minimum Gasteiger partial charge on any atom is -0.326 e. The van der Waals surface area contributed by atoms with Crippen molar-refractivity contribution in [1.82, 2.24) is 14.3 Å². The average molecular weight is 530 g/mol. The summed E-state index contributed by atoms with van der Waals surface area (Å²) in [5.41, 5.74) is 2.15. The van der Waals surface area contributed by atoms with Crippen molar-refractivity contribution in [1.29, 1.82) is 0 Å². The molecule has 1 amide bonds. The Hall–Kier alpha value is -3.35. The van der Waals surface area contributed by atoms with Crippen LogP contribution in [0, 0.1) is 12.8 Å². The third-order valence-electron chi connectivity index (χ3n) is 6.04. The predicted octanol–water partition coefficient (Wildman–Crippen LogP) is 2.77. The number of nitrogens with one attached hydrogen (secondary N) is 2. The summed E-state index contributed by atoms with van der Waals surface area (Å²) in [7, 11) is -7.35. The van der Waals surface area contributed by atoms with Crippen molar-refractivity contribution in [2.75, 3.05) is 23.1 Å². The number of amides is 1. The lowest BCUT2D eigenvalue weighted by molar-refractivity contribution is -0.120. The maximum absolute atomic E-state index is 12.9. The molecule has 190 valence electrons. The van der Waals surface area contributed by atoms with E-state index >= 15 is 0 Å². The summed E-state index contributed by atoms with van der Waals surface area (Å²) in [4.78, 5) is 20.4. The standard InChI is InChI=1S/C24H27N5O5S2/c1-18-5-2-3-6-20(18)17-35(31,32)29-15-11-19(12-16-29)23(30)27-21-7-9-22(10-8-21)36(33,34)28-24-25-13-4-14-26-24/h2-10,13-14,19H,11-12,15-17H2,1H3,(H,27,30)(H,25,26,28). The van der Waals surface area contributed by atoms with Crippen LogP contribution in [0.5, 0.6) is 0 Å². The van der Waals surface area contributed by atoms with Crippen LogP contribution in [-0.2, 0) is 30.6 Å². The molecule has 1 aliphatic heterocycles. The molecule has 10 nitrogen and oxygen atoms in total. The van der Waals surface area contributed by atoms with E-state index in [-0.39, 0.29) is 41.5 Å². The first-order chi connectivity index (χ1) is 17.1. The fourth-order valence-corrected chi connectivity index (χ4v) is 6.57. The highest BCUT2D eigenvalue weighted by Crippen LogP contribution is 2.24. The van der Waals surface area contributed by atoms with Gasteiger partial charge in [-0.05, 0) is 61.2 Å². The molecule has 1 saturated heterocycles. The number of aryl methyl sites for hydroxylation is 1. The quantitative estimate of drug-likeness (QED) is 0.457. The molecule has 0 bridgehead atoms. The Morgan fingerprint density at radius 2 is 1.58 bits per heavy atom. The highest BCUT2D eigenvalue weighted by molar-refractivity contribution is 7.92. The fourth-order valence-electron chi connectivity index (χ4n) is 3.95. The maximum atomic E-state index is 12.9. The van der Waals surface area contributed by atoms with Crippen LogP contribution < -0.4 is 10.0 Å². The largest absolute Gasteiger partial charge is 0.326 e. The fraction of sp³-hybridized carbons (Fsp3) is 0.292. The van der Waals surface area contributed by atoms with Gasteiger partial charge < -0.3 is 5.32 Å². The van der Waals surface area contributed by atoms with E-state index < -0.39 is 20.0 Å². The van der Waals surface area contributed by atoms with E-state index in [0.29, 0.717) is 18.5 Å². The summed E-state index contributed by atoms with van der Waals surface area (Å²) in [6.07, 6.45) is 3.67. The van der Waals surface area contributed by atoms with E-state index in [1.54, 1.807) is 6.07 Å². The van der Waals surface area contributed by atoms with Crippen LogP contribution in [0.1, 0.15) is 24.0 Å². The number of sulfonamides is 2. The second kappa shape index (κ2) is 10.7. The molecule has 3 aromatic rings. The number of hydrogen-bond donors (Lipinski definition) is 2. The lowest BCUT2D eigenvalue weighted by Gasteiger charge is -2.30. The van der Waals surface area contributed by atoms with Gasteiger partial charge in [-0.3, -0.25) is 4.79 Å². The van der Waals surface area contributed by atoms with Gasteiger partial charge in [0.15, 0.2) is 0 Å². The van der Waals surface area contributed by atoms with Crippen LogP contribution >= 0.6 is 0 Å². The highest BCUT2D eigenvalue weighted by Gasteiger charge is 2.31. The topological polar surface area (TPSA) is 138 Å². The Bertz CT molecular complexity index is 1420. The molecule has 0 atom stereocenters. The van der Waals surface area contributed by atoms with Crippen molar-refractivity contribution in [2.24, 2.45) is 5.92 Å². The third kappa shape index (κ3) is 6.25. The number of anilines is 2. The Morgan fingerprint density at radius 3 is 2.22 bits per heavy atom. The first kappa shape index (κ1) is 25.7. The van der Waals surface area contributed by atoms with E-state index in [0.717, 1.165) is 11.1 Å². The number of rotatable bonds is 8. The minimum atomic E-state index is -3.87. The predicted molar refractivity (Wildman–Crippen MR) is 136 cm³/mol. The molecule has 0 aliphatic carbocycles. The van der Waals surface area contributed by atoms with Gasteiger partial charge in [0.05, 0.1) is 10.6 Å². The molecule has 2 aromatic carbocycles. The summed E-state index contributed by atoms with van der Waals surface area (Å²) in [5, 5.41) is 2.79. The van der Waals surface area contributed by atoms with Crippen molar-refractivity contribution < 1.29 is 21.6 Å². The highest BCUT2D eigenvalue weighted by atomic mass is 32.2. The number of aromatic nitrogens is 2. The molecule has 12 heteroatoms. The molecule has 1 aliphatic rings. The number of benzene rings is 2. The molecule has 2 N–H and O–H groups in total. The molecular weight excluding hydrogens is 502 g/mol. The molecule has 2 heterocycles. The van der Waals surface area contributed by atoms with Crippen molar-refractivity contribution in [2.45, 2.75) is 30.4 Å². The normalized spacial score (nSPS) is 15.4. The SMILES string of the molecule is Cc1ccccc1CS(=O)(=O)N1CCC(C(=O)Nc2ccc(S(=O)(=O)Nc3ncccn3)cc2)CC1. The van der Waals surface area contributed by atoms with Crippen LogP contribution in [0.3, 0.4) is 0 Å². The van der Waals surface area contributed by atoms with Crippen LogP contribution in [0.2, 0.25) is 0 Å². The van der Waals surface area contributed by atoms with Gasteiger partial charge in [-0.25, -0.2) is 35.8 Å².